The predicted octanol–water partition coefficient (Wildman–Crippen LogP) is 3.69. The van der Waals surface area contributed by atoms with Crippen LogP contribution >= 0.6 is 11.6 Å². The third kappa shape index (κ3) is 4.68. The van der Waals surface area contributed by atoms with Gasteiger partial charge in [-0.15, -0.1) is 10.2 Å². The van der Waals surface area contributed by atoms with E-state index in [0.29, 0.717) is 16.3 Å². The molecule has 0 aliphatic carbocycles. The highest BCUT2D eigenvalue weighted by molar-refractivity contribution is 6.31. The van der Waals surface area contributed by atoms with E-state index < -0.39 is 0 Å². The van der Waals surface area contributed by atoms with Gasteiger partial charge in [-0.25, -0.2) is 0 Å². The Morgan fingerprint density at radius 3 is 2.77 bits per heavy atom. The molecule has 0 bridgehead atoms. The van der Waals surface area contributed by atoms with E-state index in [4.69, 9.17) is 11.6 Å². The lowest BCUT2D eigenvalue weighted by Gasteiger charge is -2.10. The molecule has 7 nitrogen and oxygen atoms in total. The van der Waals surface area contributed by atoms with E-state index in [9.17, 15) is 9.59 Å². The van der Waals surface area contributed by atoms with Crippen molar-refractivity contribution >= 4 is 29.1 Å². The van der Waals surface area contributed by atoms with E-state index in [0.717, 1.165) is 43.0 Å². The SMILES string of the molecule is O=C(CNC(=O)c1cccc(Cl)c1)Nc1cccc(-c2nnc3n2CCCCC3)c1. The normalized spacial score (nSPS) is 13.2. The third-order valence-electron chi connectivity index (χ3n) is 5.01. The van der Waals surface area contributed by atoms with Gasteiger partial charge in [-0.1, -0.05) is 36.2 Å². The van der Waals surface area contributed by atoms with Gasteiger partial charge in [0.15, 0.2) is 5.82 Å². The number of aromatic nitrogens is 3. The van der Waals surface area contributed by atoms with Crippen LogP contribution in [0.3, 0.4) is 0 Å². The maximum Gasteiger partial charge on any atom is 0.251 e. The molecule has 0 unspecified atom stereocenters. The molecule has 1 aromatic heterocycles. The van der Waals surface area contributed by atoms with Gasteiger partial charge < -0.3 is 15.2 Å². The second-order valence-electron chi connectivity index (χ2n) is 7.22. The zero-order valence-corrected chi connectivity index (χ0v) is 17.2. The van der Waals surface area contributed by atoms with Crippen LogP contribution in [-0.4, -0.2) is 33.1 Å². The second-order valence-corrected chi connectivity index (χ2v) is 7.66. The van der Waals surface area contributed by atoms with Crippen LogP contribution in [0.4, 0.5) is 5.69 Å². The second kappa shape index (κ2) is 9.09. The van der Waals surface area contributed by atoms with Crippen LogP contribution in [0.1, 0.15) is 35.4 Å². The number of benzene rings is 2. The Morgan fingerprint density at radius 1 is 1.03 bits per heavy atom. The molecule has 2 N–H and O–H groups in total. The summed E-state index contributed by atoms with van der Waals surface area (Å²) in [5.74, 6) is 1.16. The molecule has 2 heterocycles. The Balaban J connectivity index is 1.40. The number of carbonyl (C=O) groups is 2. The molecule has 2 aromatic carbocycles. The van der Waals surface area contributed by atoms with Crippen LogP contribution in [0.5, 0.6) is 0 Å². The van der Waals surface area contributed by atoms with Crippen molar-refractivity contribution in [2.45, 2.75) is 32.2 Å². The van der Waals surface area contributed by atoms with Crippen molar-refractivity contribution in [2.75, 3.05) is 11.9 Å². The molecule has 2 amide bonds. The molecule has 0 fully saturated rings. The summed E-state index contributed by atoms with van der Waals surface area (Å²) >= 11 is 5.90. The van der Waals surface area contributed by atoms with E-state index in [1.165, 1.54) is 6.42 Å². The van der Waals surface area contributed by atoms with Gasteiger partial charge >= 0.3 is 0 Å². The van der Waals surface area contributed by atoms with Crippen LogP contribution < -0.4 is 10.6 Å². The number of nitrogens with one attached hydrogen (secondary N) is 2. The summed E-state index contributed by atoms with van der Waals surface area (Å²) in [5, 5.41) is 14.6. The number of amides is 2. The van der Waals surface area contributed by atoms with Crippen LogP contribution in [0.25, 0.3) is 11.4 Å². The van der Waals surface area contributed by atoms with Crippen molar-refractivity contribution in [3.63, 3.8) is 0 Å². The fourth-order valence-corrected chi connectivity index (χ4v) is 3.72. The van der Waals surface area contributed by atoms with E-state index >= 15 is 0 Å². The number of carbonyl (C=O) groups excluding carboxylic acids is 2. The standard InChI is InChI=1S/C22H22ClN5O2/c23-17-8-4-7-16(12-17)22(30)24-14-20(29)25-18-9-5-6-15(13-18)21-27-26-19-10-2-1-3-11-28(19)21/h4-9,12-13H,1-3,10-11,14H2,(H,24,30)(H,25,29). The Morgan fingerprint density at radius 2 is 1.90 bits per heavy atom. The van der Waals surface area contributed by atoms with Gasteiger partial charge in [0, 0.05) is 34.8 Å². The zero-order valence-electron chi connectivity index (χ0n) is 16.4. The molecule has 8 heteroatoms. The first-order valence-corrected chi connectivity index (χ1v) is 10.3. The van der Waals surface area contributed by atoms with Gasteiger partial charge in [0.2, 0.25) is 5.91 Å². The molecule has 0 radical (unpaired) electrons. The summed E-state index contributed by atoms with van der Waals surface area (Å²) in [6, 6.07) is 14.1. The first kappa shape index (κ1) is 20.1. The Labute approximate surface area is 179 Å². The van der Waals surface area contributed by atoms with Crippen LogP contribution in [0, 0.1) is 0 Å². The first-order valence-electron chi connectivity index (χ1n) is 9.96. The van der Waals surface area contributed by atoms with E-state index in [2.05, 4.69) is 25.4 Å². The lowest BCUT2D eigenvalue weighted by Crippen LogP contribution is -2.32. The van der Waals surface area contributed by atoms with Crippen molar-refractivity contribution < 1.29 is 9.59 Å². The lowest BCUT2D eigenvalue weighted by molar-refractivity contribution is -0.115. The van der Waals surface area contributed by atoms with Crippen molar-refractivity contribution in [1.82, 2.24) is 20.1 Å². The highest BCUT2D eigenvalue weighted by atomic mass is 35.5. The van der Waals surface area contributed by atoms with Crippen molar-refractivity contribution in [3.8, 4) is 11.4 Å². The number of halogens is 1. The molecule has 0 saturated heterocycles. The fourth-order valence-electron chi connectivity index (χ4n) is 3.53. The zero-order chi connectivity index (χ0) is 20.9. The summed E-state index contributed by atoms with van der Waals surface area (Å²) in [6.45, 7) is 0.764. The molecule has 3 aromatic rings. The van der Waals surface area contributed by atoms with Gasteiger partial charge in [0.1, 0.15) is 5.82 Å². The Bertz CT molecular complexity index is 1080. The fraction of sp³-hybridized carbons (Fsp3) is 0.273. The molecule has 0 spiro atoms. The summed E-state index contributed by atoms with van der Waals surface area (Å²) in [6.07, 6.45) is 4.38. The molecule has 1 aliphatic heterocycles. The lowest BCUT2D eigenvalue weighted by atomic mass is 10.2. The maximum atomic E-state index is 12.3. The van der Waals surface area contributed by atoms with Crippen LogP contribution in [0.15, 0.2) is 48.5 Å². The number of nitrogens with zero attached hydrogens (tertiary/aromatic N) is 3. The van der Waals surface area contributed by atoms with Gasteiger partial charge in [-0.3, -0.25) is 9.59 Å². The Hall–Kier alpha value is -3.19. The van der Waals surface area contributed by atoms with E-state index in [-0.39, 0.29) is 18.4 Å². The number of hydrogen-bond donors (Lipinski definition) is 2. The van der Waals surface area contributed by atoms with E-state index in [1.807, 2.05) is 18.2 Å². The van der Waals surface area contributed by atoms with Crippen LogP contribution in [-0.2, 0) is 17.8 Å². The first-order chi connectivity index (χ1) is 14.6. The number of hydrogen-bond acceptors (Lipinski definition) is 4. The molecule has 0 saturated carbocycles. The van der Waals surface area contributed by atoms with Crippen LogP contribution in [0.2, 0.25) is 5.02 Å². The third-order valence-corrected chi connectivity index (χ3v) is 5.25. The minimum atomic E-state index is -0.354. The largest absolute Gasteiger partial charge is 0.343 e. The average Bonchev–Trinajstić information content (AvgIpc) is 3.00. The molecule has 1 aliphatic rings. The topological polar surface area (TPSA) is 88.9 Å². The number of aryl methyl sites for hydroxylation is 1. The number of fused-ring (bicyclic) bond motifs is 1. The number of rotatable bonds is 5. The molecule has 4 rings (SSSR count). The smallest absolute Gasteiger partial charge is 0.251 e. The summed E-state index contributed by atoms with van der Waals surface area (Å²) in [7, 11) is 0. The predicted molar refractivity (Wildman–Crippen MR) is 115 cm³/mol. The highest BCUT2D eigenvalue weighted by Gasteiger charge is 2.16. The molecule has 154 valence electrons. The van der Waals surface area contributed by atoms with Crippen molar-refractivity contribution in [1.29, 1.82) is 0 Å². The monoisotopic (exact) mass is 423 g/mol. The number of anilines is 1. The molecular formula is C22H22ClN5O2. The molecular weight excluding hydrogens is 402 g/mol. The summed E-state index contributed by atoms with van der Waals surface area (Å²) in [4.78, 5) is 24.5. The van der Waals surface area contributed by atoms with Gasteiger partial charge in [0.25, 0.3) is 5.91 Å². The quantitative estimate of drug-likeness (QED) is 0.655. The van der Waals surface area contributed by atoms with Crippen molar-refractivity contribution in [3.05, 3.63) is 64.9 Å². The summed E-state index contributed by atoms with van der Waals surface area (Å²) < 4.78 is 2.17. The highest BCUT2D eigenvalue weighted by Crippen LogP contribution is 2.24. The molecule has 0 atom stereocenters. The summed E-state index contributed by atoms with van der Waals surface area (Å²) in [5.41, 5.74) is 1.95. The minimum Gasteiger partial charge on any atom is -0.343 e. The minimum absolute atomic E-state index is 0.143. The Kier molecular flexibility index (Phi) is 6.09. The van der Waals surface area contributed by atoms with Crippen molar-refractivity contribution in [2.24, 2.45) is 0 Å². The van der Waals surface area contributed by atoms with E-state index in [1.54, 1.807) is 30.3 Å². The van der Waals surface area contributed by atoms with Gasteiger partial charge in [-0.2, -0.15) is 0 Å². The average molecular weight is 424 g/mol. The molecule has 30 heavy (non-hydrogen) atoms. The van der Waals surface area contributed by atoms with Gasteiger partial charge in [0.05, 0.1) is 6.54 Å². The van der Waals surface area contributed by atoms with Gasteiger partial charge in [-0.05, 0) is 43.2 Å². The maximum absolute atomic E-state index is 12.3.